The van der Waals surface area contributed by atoms with E-state index in [1.807, 2.05) is 26.0 Å². The summed E-state index contributed by atoms with van der Waals surface area (Å²) in [5.74, 6) is -1.17. The van der Waals surface area contributed by atoms with Crippen LogP contribution < -0.4 is 0 Å². The molecule has 6 heteroatoms. The molecule has 4 nitrogen and oxygen atoms in total. The average Bonchev–Trinajstić information content (AvgIpc) is 2.95. The second kappa shape index (κ2) is 8.60. The van der Waals surface area contributed by atoms with Gasteiger partial charge in [-0.1, -0.05) is 57.8 Å². The molecule has 0 bridgehead atoms. The van der Waals surface area contributed by atoms with Gasteiger partial charge in [-0.3, -0.25) is 9.59 Å². The minimum atomic E-state index is -0.514. The van der Waals surface area contributed by atoms with Crippen molar-refractivity contribution < 1.29 is 19.1 Å². The molecule has 0 amide bonds. The average molecular weight is 524 g/mol. The quantitative estimate of drug-likeness (QED) is 0.444. The first-order chi connectivity index (χ1) is 13.7. The minimum Gasteiger partial charge on any atom is -0.469 e. The van der Waals surface area contributed by atoms with Crippen molar-refractivity contribution in [3.05, 3.63) is 56.5 Å². The maximum absolute atomic E-state index is 12.3. The molecule has 0 aliphatic heterocycles. The van der Waals surface area contributed by atoms with Crippen molar-refractivity contribution in [2.24, 2.45) is 11.8 Å². The largest absolute Gasteiger partial charge is 0.469 e. The van der Waals surface area contributed by atoms with Gasteiger partial charge in [0.1, 0.15) is 0 Å². The molecule has 0 heterocycles. The lowest BCUT2D eigenvalue weighted by Gasteiger charge is -2.36. The molecule has 3 rings (SSSR count). The molecule has 29 heavy (non-hydrogen) atoms. The zero-order chi connectivity index (χ0) is 21.3. The van der Waals surface area contributed by atoms with Crippen LogP contribution in [0.3, 0.4) is 0 Å². The third kappa shape index (κ3) is 4.02. The van der Waals surface area contributed by atoms with Crippen molar-refractivity contribution in [1.82, 2.24) is 0 Å². The summed E-state index contributed by atoms with van der Waals surface area (Å²) in [5, 5.41) is 0. The van der Waals surface area contributed by atoms with Crippen LogP contribution in [0.2, 0.25) is 0 Å². The highest BCUT2D eigenvalue weighted by molar-refractivity contribution is 9.10. The summed E-state index contributed by atoms with van der Waals surface area (Å²) >= 11 is 7.20. The van der Waals surface area contributed by atoms with E-state index in [0.717, 1.165) is 31.2 Å². The molecule has 0 saturated heterocycles. The van der Waals surface area contributed by atoms with Crippen molar-refractivity contribution in [1.29, 1.82) is 0 Å². The molecule has 2 unspecified atom stereocenters. The van der Waals surface area contributed by atoms with E-state index in [2.05, 4.69) is 56.1 Å². The zero-order valence-electron chi connectivity index (χ0n) is 16.9. The van der Waals surface area contributed by atoms with Gasteiger partial charge < -0.3 is 9.47 Å². The molecule has 154 valence electrons. The fraction of sp³-hybridized carbons (Fsp3) is 0.391. The van der Waals surface area contributed by atoms with Gasteiger partial charge in [-0.05, 0) is 59.4 Å². The fourth-order valence-corrected chi connectivity index (χ4v) is 5.30. The van der Waals surface area contributed by atoms with Crippen LogP contribution in [0.1, 0.15) is 37.8 Å². The zero-order valence-corrected chi connectivity index (χ0v) is 20.1. The van der Waals surface area contributed by atoms with Crippen molar-refractivity contribution in [2.75, 3.05) is 14.2 Å². The SMILES string of the molecule is COC(=O)C(C)CC1(CC(C)C(=O)OC)c2cc(Br)ccc2-c2ccc(Br)cc21. The maximum Gasteiger partial charge on any atom is 0.308 e. The van der Waals surface area contributed by atoms with E-state index in [-0.39, 0.29) is 23.8 Å². The van der Waals surface area contributed by atoms with Gasteiger partial charge in [0.2, 0.25) is 0 Å². The predicted octanol–water partition coefficient (Wildman–Crippen LogP) is 5.88. The summed E-state index contributed by atoms with van der Waals surface area (Å²) in [6.45, 7) is 3.76. The van der Waals surface area contributed by atoms with Gasteiger partial charge in [0.25, 0.3) is 0 Å². The van der Waals surface area contributed by atoms with Crippen molar-refractivity contribution in [3.8, 4) is 11.1 Å². The number of fused-ring (bicyclic) bond motifs is 3. The van der Waals surface area contributed by atoms with Gasteiger partial charge in [0.05, 0.1) is 26.1 Å². The molecular weight excluding hydrogens is 500 g/mol. The second-order valence-corrected chi connectivity index (χ2v) is 9.55. The fourth-order valence-electron chi connectivity index (χ4n) is 4.58. The Morgan fingerprint density at radius 3 is 1.55 bits per heavy atom. The first kappa shape index (κ1) is 22.0. The van der Waals surface area contributed by atoms with E-state index in [9.17, 15) is 9.59 Å². The second-order valence-electron chi connectivity index (χ2n) is 7.72. The molecule has 2 aromatic rings. The molecular formula is C23H24Br2O4. The number of ether oxygens (including phenoxy) is 2. The smallest absolute Gasteiger partial charge is 0.308 e. The van der Waals surface area contributed by atoms with E-state index < -0.39 is 5.41 Å². The van der Waals surface area contributed by atoms with E-state index in [1.54, 1.807) is 0 Å². The number of benzene rings is 2. The Labute approximate surface area is 188 Å². The molecule has 0 fully saturated rings. The Morgan fingerprint density at radius 1 is 0.828 bits per heavy atom. The lowest BCUT2D eigenvalue weighted by molar-refractivity contribution is -0.146. The van der Waals surface area contributed by atoms with E-state index in [4.69, 9.17) is 9.47 Å². The van der Waals surface area contributed by atoms with Crippen molar-refractivity contribution >= 4 is 43.8 Å². The number of methoxy groups -OCH3 is 2. The summed E-state index contributed by atoms with van der Waals surface area (Å²) in [6.07, 6.45) is 1.07. The van der Waals surface area contributed by atoms with Gasteiger partial charge in [-0.15, -0.1) is 0 Å². The lowest BCUT2D eigenvalue weighted by Crippen LogP contribution is -2.34. The van der Waals surface area contributed by atoms with E-state index >= 15 is 0 Å². The number of esters is 2. The predicted molar refractivity (Wildman–Crippen MR) is 120 cm³/mol. The molecule has 0 aromatic heterocycles. The van der Waals surface area contributed by atoms with Crippen LogP contribution in [-0.2, 0) is 24.5 Å². The summed E-state index contributed by atoms with van der Waals surface area (Å²) < 4.78 is 12.0. The minimum absolute atomic E-state index is 0.255. The Kier molecular flexibility index (Phi) is 6.54. The molecule has 0 N–H and O–H groups in total. The van der Waals surface area contributed by atoms with Crippen molar-refractivity contribution in [2.45, 2.75) is 32.1 Å². The highest BCUT2D eigenvalue weighted by atomic mass is 79.9. The van der Waals surface area contributed by atoms with Crippen LogP contribution >= 0.6 is 31.9 Å². The van der Waals surface area contributed by atoms with Crippen LogP contribution in [0.5, 0.6) is 0 Å². The monoisotopic (exact) mass is 522 g/mol. The molecule has 0 saturated carbocycles. The van der Waals surface area contributed by atoms with Crippen LogP contribution in [0.25, 0.3) is 11.1 Å². The molecule has 0 radical (unpaired) electrons. The van der Waals surface area contributed by atoms with Crippen LogP contribution in [-0.4, -0.2) is 26.2 Å². The van der Waals surface area contributed by atoms with Gasteiger partial charge in [0.15, 0.2) is 0 Å². The van der Waals surface area contributed by atoms with E-state index in [1.165, 1.54) is 14.2 Å². The van der Waals surface area contributed by atoms with Gasteiger partial charge >= 0.3 is 11.9 Å². The first-order valence-electron chi connectivity index (χ1n) is 9.49. The maximum atomic E-state index is 12.3. The summed E-state index contributed by atoms with van der Waals surface area (Å²) in [7, 11) is 2.82. The van der Waals surface area contributed by atoms with Gasteiger partial charge in [-0.25, -0.2) is 0 Å². The molecule has 1 aliphatic carbocycles. The Hall–Kier alpha value is -1.66. The van der Waals surface area contributed by atoms with Crippen LogP contribution in [0, 0.1) is 11.8 Å². The number of carbonyl (C=O) groups is 2. The number of rotatable bonds is 6. The van der Waals surface area contributed by atoms with E-state index in [0.29, 0.717) is 12.8 Å². The number of carbonyl (C=O) groups excluding carboxylic acids is 2. The molecule has 2 aromatic carbocycles. The van der Waals surface area contributed by atoms with Crippen LogP contribution in [0.15, 0.2) is 45.3 Å². The summed E-state index contributed by atoms with van der Waals surface area (Å²) in [5.41, 5.74) is 3.98. The van der Waals surface area contributed by atoms with Gasteiger partial charge in [-0.2, -0.15) is 0 Å². The number of hydrogen-bond acceptors (Lipinski definition) is 4. The topological polar surface area (TPSA) is 52.6 Å². The standard InChI is InChI=1S/C23H24Br2O4/c1-13(21(26)28-3)11-23(12-14(2)22(27)29-4)19-9-15(24)5-7-17(19)18-8-6-16(25)10-20(18)23/h5-10,13-14H,11-12H2,1-4H3. The van der Waals surface area contributed by atoms with Crippen LogP contribution in [0.4, 0.5) is 0 Å². The first-order valence-corrected chi connectivity index (χ1v) is 11.1. The Morgan fingerprint density at radius 2 is 1.21 bits per heavy atom. The molecule has 2 atom stereocenters. The lowest BCUT2D eigenvalue weighted by atomic mass is 9.67. The number of halogens is 2. The third-order valence-electron chi connectivity index (χ3n) is 5.80. The Balaban J connectivity index is 2.25. The Bertz CT molecular complexity index is 876. The highest BCUT2D eigenvalue weighted by Gasteiger charge is 2.47. The summed E-state index contributed by atoms with van der Waals surface area (Å²) in [6, 6.07) is 12.5. The third-order valence-corrected chi connectivity index (χ3v) is 6.79. The highest BCUT2D eigenvalue weighted by Crippen LogP contribution is 2.56. The summed E-state index contributed by atoms with van der Waals surface area (Å²) in [4.78, 5) is 24.7. The van der Waals surface area contributed by atoms with Crippen molar-refractivity contribution in [3.63, 3.8) is 0 Å². The normalized spacial score (nSPS) is 15.8. The van der Waals surface area contributed by atoms with Gasteiger partial charge in [0, 0.05) is 14.4 Å². The molecule has 1 aliphatic rings. The number of hydrogen-bond donors (Lipinski definition) is 0. The molecule has 0 spiro atoms.